The van der Waals surface area contributed by atoms with Crippen molar-refractivity contribution in [1.82, 2.24) is 9.80 Å². The van der Waals surface area contributed by atoms with Crippen LogP contribution in [0.4, 0.5) is 10.5 Å². The first kappa shape index (κ1) is 26.3. The van der Waals surface area contributed by atoms with Crippen molar-refractivity contribution in [1.29, 1.82) is 0 Å². The number of carbonyl (C=O) groups excluding carboxylic acids is 3. The molecular formula is C27H31Cl2N3O4. The molecule has 7 nitrogen and oxygen atoms in total. The van der Waals surface area contributed by atoms with Gasteiger partial charge >= 0.3 is 12.0 Å². The van der Waals surface area contributed by atoms with Gasteiger partial charge in [-0.05, 0) is 74.8 Å². The van der Waals surface area contributed by atoms with Gasteiger partial charge in [0.05, 0.1) is 17.9 Å². The molecule has 2 fully saturated rings. The lowest BCUT2D eigenvalue weighted by molar-refractivity contribution is 0.0526. The maximum absolute atomic E-state index is 12.9. The number of halogens is 2. The Hall–Kier alpha value is -2.77. The van der Waals surface area contributed by atoms with E-state index in [0.29, 0.717) is 64.9 Å². The Labute approximate surface area is 221 Å². The first-order valence-electron chi connectivity index (χ1n) is 12.4. The molecule has 0 aromatic heterocycles. The summed E-state index contributed by atoms with van der Waals surface area (Å²) in [4.78, 5) is 41.6. The van der Waals surface area contributed by atoms with Crippen LogP contribution in [0, 0.1) is 11.8 Å². The second kappa shape index (κ2) is 12.0. The van der Waals surface area contributed by atoms with Crippen LogP contribution in [-0.4, -0.2) is 60.5 Å². The summed E-state index contributed by atoms with van der Waals surface area (Å²) in [6.45, 7) is 4.77. The van der Waals surface area contributed by atoms with Crippen LogP contribution < -0.4 is 5.32 Å². The number of hydrogen-bond donors (Lipinski definition) is 1. The molecule has 1 N–H and O–H groups in total. The summed E-state index contributed by atoms with van der Waals surface area (Å²) in [7, 11) is 0. The molecule has 2 aliphatic heterocycles. The third-order valence-electron chi connectivity index (χ3n) is 7.09. The molecule has 0 spiro atoms. The standard InChI is InChI=1S/C27H31Cl2N3O4/c1-2-36-26(34)23-5-3-4-6-24(23)30-27(35)32-13-9-19(10-14-32)18-7-11-31(12-8-18)25(33)20-15-21(28)17-22(29)16-20/h3-6,15-19H,2,7-14H2,1H3,(H,30,35). The molecule has 2 saturated heterocycles. The number of esters is 1. The highest BCUT2D eigenvalue weighted by Gasteiger charge is 2.32. The molecule has 0 aliphatic carbocycles. The van der Waals surface area contributed by atoms with E-state index in [2.05, 4.69) is 5.32 Å². The van der Waals surface area contributed by atoms with Gasteiger partial charge in [0.15, 0.2) is 0 Å². The lowest BCUT2D eigenvalue weighted by Gasteiger charge is -2.40. The second-order valence-corrected chi connectivity index (χ2v) is 10.2. The maximum Gasteiger partial charge on any atom is 0.340 e. The van der Waals surface area contributed by atoms with E-state index in [1.54, 1.807) is 54.3 Å². The number of para-hydroxylation sites is 1. The summed E-state index contributed by atoms with van der Waals surface area (Å²) >= 11 is 12.1. The lowest BCUT2D eigenvalue weighted by atomic mass is 9.79. The summed E-state index contributed by atoms with van der Waals surface area (Å²) in [5.74, 6) is 0.577. The molecule has 0 atom stereocenters. The monoisotopic (exact) mass is 531 g/mol. The van der Waals surface area contributed by atoms with E-state index < -0.39 is 5.97 Å². The third kappa shape index (κ3) is 6.31. The molecule has 0 unspecified atom stereocenters. The minimum absolute atomic E-state index is 0.0348. The fraction of sp³-hybridized carbons (Fsp3) is 0.444. The van der Waals surface area contributed by atoms with Crippen molar-refractivity contribution in [3.05, 3.63) is 63.6 Å². The smallest absolute Gasteiger partial charge is 0.340 e. The number of anilines is 1. The van der Waals surface area contributed by atoms with Crippen LogP contribution in [0.25, 0.3) is 0 Å². The van der Waals surface area contributed by atoms with Crippen LogP contribution in [0.2, 0.25) is 10.0 Å². The Morgan fingerprint density at radius 2 is 1.44 bits per heavy atom. The Morgan fingerprint density at radius 3 is 2.03 bits per heavy atom. The van der Waals surface area contributed by atoms with E-state index >= 15 is 0 Å². The van der Waals surface area contributed by atoms with E-state index in [-0.39, 0.29) is 18.5 Å². The Bertz CT molecular complexity index is 1090. The van der Waals surface area contributed by atoms with E-state index in [0.717, 1.165) is 25.7 Å². The average molecular weight is 532 g/mol. The summed E-state index contributed by atoms with van der Waals surface area (Å²) in [5, 5.41) is 3.80. The Morgan fingerprint density at radius 1 is 0.889 bits per heavy atom. The molecule has 2 aliphatic rings. The molecule has 2 aromatic carbocycles. The van der Waals surface area contributed by atoms with Crippen molar-refractivity contribution in [2.45, 2.75) is 32.6 Å². The third-order valence-corrected chi connectivity index (χ3v) is 7.53. The van der Waals surface area contributed by atoms with Gasteiger partial charge in [0.25, 0.3) is 5.91 Å². The first-order valence-corrected chi connectivity index (χ1v) is 13.2. The van der Waals surface area contributed by atoms with Crippen LogP contribution in [0.5, 0.6) is 0 Å². The Kier molecular flexibility index (Phi) is 8.75. The summed E-state index contributed by atoms with van der Waals surface area (Å²) < 4.78 is 5.09. The second-order valence-electron chi connectivity index (χ2n) is 9.31. The molecule has 0 bridgehead atoms. The van der Waals surface area contributed by atoms with E-state index in [4.69, 9.17) is 27.9 Å². The van der Waals surface area contributed by atoms with Gasteiger partial charge in [-0.2, -0.15) is 0 Å². The molecule has 3 amide bonds. The zero-order valence-corrected chi connectivity index (χ0v) is 21.9. The zero-order chi connectivity index (χ0) is 25.7. The van der Waals surface area contributed by atoms with E-state index in [9.17, 15) is 14.4 Å². The van der Waals surface area contributed by atoms with Gasteiger partial charge in [0, 0.05) is 41.8 Å². The largest absolute Gasteiger partial charge is 0.462 e. The fourth-order valence-electron chi connectivity index (χ4n) is 5.18. The molecule has 0 radical (unpaired) electrons. The predicted molar refractivity (Wildman–Crippen MR) is 141 cm³/mol. The van der Waals surface area contributed by atoms with Crippen molar-refractivity contribution < 1.29 is 19.1 Å². The van der Waals surface area contributed by atoms with Gasteiger partial charge in [-0.25, -0.2) is 9.59 Å². The molecule has 9 heteroatoms. The maximum atomic E-state index is 12.9. The lowest BCUT2D eigenvalue weighted by Crippen LogP contribution is -2.45. The van der Waals surface area contributed by atoms with Crippen LogP contribution in [0.1, 0.15) is 53.3 Å². The predicted octanol–water partition coefficient (Wildman–Crippen LogP) is 5.97. The normalized spacial score (nSPS) is 17.1. The number of likely N-dealkylation sites (tertiary alicyclic amines) is 2. The number of piperidine rings is 2. The van der Waals surface area contributed by atoms with Gasteiger partial charge in [-0.1, -0.05) is 35.3 Å². The van der Waals surface area contributed by atoms with Crippen LogP contribution in [0.3, 0.4) is 0 Å². The number of hydrogen-bond acceptors (Lipinski definition) is 4. The summed E-state index contributed by atoms with van der Waals surface area (Å²) in [5.41, 5.74) is 1.33. The highest BCUT2D eigenvalue weighted by molar-refractivity contribution is 6.35. The van der Waals surface area contributed by atoms with Crippen LogP contribution in [0.15, 0.2) is 42.5 Å². The number of nitrogens with one attached hydrogen (secondary N) is 1. The quantitative estimate of drug-likeness (QED) is 0.482. The topological polar surface area (TPSA) is 79.0 Å². The van der Waals surface area contributed by atoms with Gasteiger partial charge in [-0.3, -0.25) is 4.79 Å². The van der Waals surface area contributed by atoms with Crippen molar-refractivity contribution in [3.8, 4) is 0 Å². The van der Waals surface area contributed by atoms with Crippen molar-refractivity contribution in [2.24, 2.45) is 11.8 Å². The first-order chi connectivity index (χ1) is 17.4. The molecule has 192 valence electrons. The van der Waals surface area contributed by atoms with Gasteiger partial charge in [0.2, 0.25) is 0 Å². The highest BCUT2D eigenvalue weighted by Crippen LogP contribution is 2.33. The van der Waals surface area contributed by atoms with Gasteiger partial charge in [-0.15, -0.1) is 0 Å². The van der Waals surface area contributed by atoms with Gasteiger partial charge < -0.3 is 19.9 Å². The Balaban J connectivity index is 1.26. The fourth-order valence-corrected chi connectivity index (χ4v) is 5.71. The highest BCUT2D eigenvalue weighted by atomic mass is 35.5. The number of ether oxygens (including phenoxy) is 1. The number of benzene rings is 2. The average Bonchev–Trinajstić information content (AvgIpc) is 2.88. The molecule has 2 heterocycles. The molecule has 2 aromatic rings. The number of amides is 3. The SMILES string of the molecule is CCOC(=O)c1ccccc1NC(=O)N1CCC(C2CCN(C(=O)c3cc(Cl)cc(Cl)c3)CC2)CC1. The van der Waals surface area contributed by atoms with E-state index in [1.807, 2.05) is 4.90 Å². The number of carbonyl (C=O) groups is 3. The molecule has 4 rings (SSSR count). The van der Waals surface area contributed by atoms with Crippen molar-refractivity contribution in [2.75, 3.05) is 38.1 Å². The minimum Gasteiger partial charge on any atom is -0.462 e. The van der Waals surface area contributed by atoms with Crippen LogP contribution in [-0.2, 0) is 4.74 Å². The number of urea groups is 1. The minimum atomic E-state index is -0.449. The van der Waals surface area contributed by atoms with E-state index in [1.165, 1.54) is 0 Å². The zero-order valence-electron chi connectivity index (χ0n) is 20.3. The van der Waals surface area contributed by atoms with Gasteiger partial charge in [0.1, 0.15) is 0 Å². The molecular weight excluding hydrogens is 501 g/mol. The van der Waals surface area contributed by atoms with Crippen molar-refractivity contribution >= 4 is 46.8 Å². The van der Waals surface area contributed by atoms with Crippen molar-refractivity contribution in [3.63, 3.8) is 0 Å². The van der Waals surface area contributed by atoms with Crippen LogP contribution >= 0.6 is 23.2 Å². The summed E-state index contributed by atoms with van der Waals surface area (Å²) in [6, 6.07) is 11.6. The summed E-state index contributed by atoms with van der Waals surface area (Å²) in [6.07, 6.45) is 3.75. The number of rotatable bonds is 5. The number of nitrogens with zero attached hydrogens (tertiary/aromatic N) is 2. The molecule has 0 saturated carbocycles. The molecule has 36 heavy (non-hydrogen) atoms.